The molecule has 0 fully saturated rings. The topological polar surface area (TPSA) is 111 Å². The molecule has 0 amide bonds. The van der Waals surface area contributed by atoms with Crippen LogP contribution >= 0.6 is 7.82 Å². The number of allylic oxidation sites excluding steroid dienone is 8. The number of phosphoric acid groups is 1. The normalized spacial score (nSPS) is 14.0. The molecule has 0 rings (SSSR count). The highest BCUT2D eigenvalue weighted by molar-refractivity contribution is 7.45. The molecule has 0 aliphatic rings. The summed E-state index contributed by atoms with van der Waals surface area (Å²) in [4.78, 5) is 37.6. The smallest absolute Gasteiger partial charge is 0.306 e. The Kier molecular flexibility index (Phi) is 39.0. The molecule has 0 aromatic carbocycles. The van der Waals surface area contributed by atoms with Gasteiger partial charge >= 0.3 is 11.9 Å². The first kappa shape index (κ1) is 56.0. The molecule has 2 atom stereocenters. The first-order chi connectivity index (χ1) is 28.0. The summed E-state index contributed by atoms with van der Waals surface area (Å²) < 4.78 is 33.9. The zero-order valence-electron chi connectivity index (χ0n) is 38.0. The summed E-state index contributed by atoms with van der Waals surface area (Å²) in [5.41, 5.74) is 0. The van der Waals surface area contributed by atoms with Gasteiger partial charge in [-0.15, -0.1) is 0 Å². The number of carbonyl (C=O) groups excluding carboxylic acids is 2. The predicted molar refractivity (Wildman–Crippen MR) is 240 cm³/mol. The van der Waals surface area contributed by atoms with Gasteiger partial charge < -0.3 is 27.9 Å². The maximum absolute atomic E-state index is 12.7. The lowest BCUT2D eigenvalue weighted by molar-refractivity contribution is -0.870. The standard InChI is InChI=1S/C48H88NO8P/c1-6-8-10-12-14-16-18-20-21-22-23-24-25-26-27-29-31-33-35-37-39-41-48(51)57-46(45-56-58(52,53)55-43-42-49(3,4)5)44-54-47(50)40-38-36-34-32-30-28-19-17-15-13-11-9-7-2/h11,13,17-20,22-23,46H,6-10,12,14-16,21,24-45H2,1-5H3/b13-11-,19-17-,20-18-,23-22-. The second-order valence-electron chi connectivity index (χ2n) is 16.8. The number of rotatable bonds is 42. The second-order valence-corrected chi connectivity index (χ2v) is 18.2. The quantitative estimate of drug-likeness (QED) is 0.0196. The highest BCUT2D eigenvalue weighted by Gasteiger charge is 2.21. The van der Waals surface area contributed by atoms with Crippen molar-refractivity contribution in [3.63, 3.8) is 0 Å². The molecule has 9 nitrogen and oxygen atoms in total. The van der Waals surface area contributed by atoms with Crippen molar-refractivity contribution >= 4 is 19.8 Å². The Labute approximate surface area is 356 Å². The highest BCUT2D eigenvalue weighted by atomic mass is 31.2. The van der Waals surface area contributed by atoms with E-state index in [0.29, 0.717) is 23.9 Å². The molecule has 0 spiro atoms. The fourth-order valence-electron chi connectivity index (χ4n) is 6.13. The molecule has 10 heteroatoms. The number of phosphoric ester groups is 1. The third kappa shape index (κ3) is 43.5. The van der Waals surface area contributed by atoms with Crippen molar-refractivity contribution in [2.75, 3.05) is 47.5 Å². The van der Waals surface area contributed by atoms with E-state index in [1.807, 2.05) is 21.1 Å². The lowest BCUT2D eigenvalue weighted by Crippen LogP contribution is -2.37. The Balaban J connectivity index is 4.31. The summed E-state index contributed by atoms with van der Waals surface area (Å²) in [7, 11) is 1.15. The van der Waals surface area contributed by atoms with Gasteiger partial charge in [0.05, 0.1) is 27.7 Å². The monoisotopic (exact) mass is 838 g/mol. The van der Waals surface area contributed by atoms with Crippen LogP contribution in [0.15, 0.2) is 48.6 Å². The van der Waals surface area contributed by atoms with Crippen LogP contribution < -0.4 is 4.89 Å². The minimum atomic E-state index is -4.63. The molecular weight excluding hydrogens is 750 g/mol. The molecule has 58 heavy (non-hydrogen) atoms. The lowest BCUT2D eigenvalue weighted by Gasteiger charge is -2.28. The number of esters is 2. The maximum Gasteiger partial charge on any atom is 0.306 e. The van der Waals surface area contributed by atoms with Gasteiger partial charge in [-0.25, -0.2) is 0 Å². The number of nitrogens with zero attached hydrogens (tertiary/aromatic N) is 1. The van der Waals surface area contributed by atoms with Gasteiger partial charge in [-0.2, -0.15) is 0 Å². The predicted octanol–water partition coefficient (Wildman–Crippen LogP) is 12.8. The van der Waals surface area contributed by atoms with Crippen molar-refractivity contribution in [3.8, 4) is 0 Å². The van der Waals surface area contributed by atoms with E-state index in [1.165, 1.54) is 77.0 Å². The second kappa shape index (κ2) is 40.4. The zero-order chi connectivity index (χ0) is 42.8. The van der Waals surface area contributed by atoms with Gasteiger partial charge in [0.15, 0.2) is 6.10 Å². The largest absolute Gasteiger partial charge is 0.756 e. The Morgan fingerprint density at radius 2 is 0.966 bits per heavy atom. The van der Waals surface area contributed by atoms with Crippen LogP contribution in [-0.4, -0.2) is 70.0 Å². The average Bonchev–Trinajstić information content (AvgIpc) is 3.17. The van der Waals surface area contributed by atoms with Crippen molar-refractivity contribution in [2.45, 2.75) is 200 Å². The third-order valence-electron chi connectivity index (χ3n) is 9.80. The Morgan fingerprint density at radius 3 is 1.43 bits per heavy atom. The lowest BCUT2D eigenvalue weighted by atomic mass is 10.1. The van der Waals surface area contributed by atoms with E-state index in [0.717, 1.165) is 77.0 Å². The zero-order valence-corrected chi connectivity index (χ0v) is 38.9. The number of ether oxygens (including phenoxy) is 2. The van der Waals surface area contributed by atoms with Crippen LogP contribution in [0.25, 0.3) is 0 Å². The number of likely N-dealkylation sites (N-methyl/N-ethyl adjacent to an activating group) is 1. The molecule has 0 aliphatic heterocycles. The molecule has 0 N–H and O–H groups in total. The van der Waals surface area contributed by atoms with Gasteiger partial charge in [0, 0.05) is 12.8 Å². The van der Waals surface area contributed by atoms with Crippen LogP contribution in [0.5, 0.6) is 0 Å². The molecule has 0 saturated heterocycles. The van der Waals surface area contributed by atoms with E-state index in [2.05, 4.69) is 62.5 Å². The highest BCUT2D eigenvalue weighted by Crippen LogP contribution is 2.38. The number of hydrogen-bond acceptors (Lipinski definition) is 8. The molecule has 2 unspecified atom stereocenters. The number of carbonyl (C=O) groups is 2. The summed E-state index contributed by atoms with van der Waals surface area (Å²) in [6.45, 7) is 4.13. The van der Waals surface area contributed by atoms with Gasteiger partial charge in [0.1, 0.15) is 19.8 Å². The average molecular weight is 838 g/mol. The third-order valence-corrected chi connectivity index (χ3v) is 10.8. The van der Waals surface area contributed by atoms with Gasteiger partial charge in [0.2, 0.25) is 0 Å². The van der Waals surface area contributed by atoms with Gasteiger partial charge in [-0.3, -0.25) is 14.2 Å². The number of hydrogen-bond donors (Lipinski definition) is 0. The first-order valence-electron chi connectivity index (χ1n) is 23.3. The molecule has 0 radical (unpaired) electrons. The first-order valence-corrected chi connectivity index (χ1v) is 24.8. The molecule has 338 valence electrons. The summed E-state index contributed by atoms with van der Waals surface area (Å²) in [6, 6.07) is 0. The fraction of sp³-hybridized carbons (Fsp3) is 0.792. The fourth-order valence-corrected chi connectivity index (χ4v) is 6.86. The SMILES string of the molecule is CCC/C=C\C/C=C\CCCCCCCC(=O)OCC(COP(=O)([O-])OCC[N+](C)(C)C)OC(=O)CCCCCCCCCCC/C=C\C/C=C\CCCCCCC. The van der Waals surface area contributed by atoms with Crippen LogP contribution in [0.4, 0.5) is 0 Å². The summed E-state index contributed by atoms with van der Waals surface area (Å²) in [6.07, 6.45) is 47.1. The molecular formula is C48H88NO8P. The van der Waals surface area contributed by atoms with E-state index in [4.69, 9.17) is 18.5 Å². The van der Waals surface area contributed by atoms with Crippen LogP contribution in [0.1, 0.15) is 194 Å². The van der Waals surface area contributed by atoms with Gasteiger partial charge in [-0.1, -0.05) is 159 Å². The van der Waals surface area contributed by atoms with Crippen molar-refractivity contribution in [3.05, 3.63) is 48.6 Å². The van der Waals surface area contributed by atoms with E-state index < -0.39 is 32.5 Å². The molecule has 0 aliphatic carbocycles. The van der Waals surface area contributed by atoms with Crippen LogP contribution in [0.3, 0.4) is 0 Å². The molecule has 0 aromatic heterocycles. The minimum Gasteiger partial charge on any atom is -0.756 e. The maximum atomic E-state index is 12.7. The molecule has 0 aromatic rings. The Morgan fingerprint density at radius 1 is 0.534 bits per heavy atom. The summed E-state index contributed by atoms with van der Waals surface area (Å²) in [5, 5.41) is 0. The van der Waals surface area contributed by atoms with Crippen LogP contribution in [0.2, 0.25) is 0 Å². The van der Waals surface area contributed by atoms with Gasteiger partial charge in [-0.05, 0) is 70.6 Å². The minimum absolute atomic E-state index is 0.0353. The van der Waals surface area contributed by atoms with E-state index in [9.17, 15) is 19.0 Å². The van der Waals surface area contributed by atoms with Crippen molar-refractivity contribution in [1.29, 1.82) is 0 Å². The molecule has 0 heterocycles. The van der Waals surface area contributed by atoms with E-state index >= 15 is 0 Å². The molecule has 0 saturated carbocycles. The van der Waals surface area contributed by atoms with Crippen molar-refractivity contribution in [2.24, 2.45) is 0 Å². The van der Waals surface area contributed by atoms with Crippen LogP contribution in [0, 0.1) is 0 Å². The van der Waals surface area contributed by atoms with Crippen molar-refractivity contribution in [1.82, 2.24) is 0 Å². The Bertz CT molecular complexity index is 1130. The summed E-state index contributed by atoms with van der Waals surface area (Å²) >= 11 is 0. The van der Waals surface area contributed by atoms with Crippen molar-refractivity contribution < 1.29 is 42.1 Å². The Hall–Kier alpha value is -2.03. The molecule has 0 bridgehead atoms. The van der Waals surface area contributed by atoms with Gasteiger partial charge in [0.25, 0.3) is 7.82 Å². The summed E-state index contributed by atoms with van der Waals surface area (Å²) in [5.74, 6) is -0.856. The van der Waals surface area contributed by atoms with E-state index in [1.54, 1.807) is 0 Å². The number of quaternary nitrogens is 1. The van der Waals surface area contributed by atoms with E-state index in [-0.39, 0.29) is 26.1 Å². The van der Waals surface area contributed by atoms with Crippen LogP contribution in [-0.2, 0) is 32.7 Å². The number of unbranched alkanes of at least 4 members (excludes halogenated alkanes) is 20.